The number of anilines is 1. The first-order chi connectivity index (χ1) is 27.3. The van der Waals surface area contributed by atoms with Crippen LogP contribution in [-0.4, -0.2) is 183 Å². The summed E-state index contributed by atoms with van der Waals surface area (Å²) >= 11 is 0. The first-order valence-electron chi connectivity index (χ1n) is 19.4. The van der Waals surface area contributed by atoms with Crippen LogP contribution < -0.4 is 10.1 Å². The summed E-state index contributed by atoms with van der Waals surface area (Å²) in [6.07, 6.45) is 0.227. The van der Waals surface area contributed by atoms with Crippen molar-refractivity contribution in [1.29, 1.82) is 0 Å². The fourth-order valence-corrected chi connectivity index (χ4v) is 4.13. The highest BCUT2D eigenvalue weighted by molar-refractivity contribution is 5.88. The molecule has 1 aromatic carbocycles. The number of carbonyl (C=O) groups excluding carboxylic acids is 2. The first kappa shape index (κ1) is 51.5. The molecular formula is C39H69NO16. The second kappa shape index (κ2) is 38.0. The van der Waals surface area contributed by atoms with E-state index in [9.17, 15) is 9.59 Å². The Morgan fingerprint density at radius 3 is 0.964 bits per heavy atom. The minimum atomic E-state index is -0.479. The Kier molecular flexibility index (Phi) is 35.0. The minimum absolute atomic E-state index is 0.112. The summed E-state index contributed by atoms with van der Waals surface area (Å²) in [5, 5.41) is 2.71. The lowest BCUT2D eigenvalue weighted by Crippen LogP contribution is -2.24. The van der Waals surface area contributed by atoms with E-state index in [-0.39, 0.29) is 18.3 Å². The number of amides is 1. The van der Waals surface area contributed by atoms with Crippen LogP contribution in [0.25, 0.3) is 0 Å². The van der Waals surface area contributed by atoms with Gasteiger partial charge in [0.1, 0.15) is 18.0 Å². The molecule has 0 atom stereocenters. The van der Waals surface area contributed by atoms with Gasteiger partial charge in [0.25, 0.3) is 0 Å². The van der Waals surface area contributed by atoms with Gasteiger partial charge in [-0.15, -0.1) is 0 Å². The molecule has 0 heterocycles. The second-order valence-corrected chi connectivity index (χ2v) is 12.7. The van der Waals surface area contributed by atoms with Gasteiger partial charge in [-0.05, 0) is 45.0 Å². The van der Waals surface area contributed by atoms with E-state index in [1.54, 1.807) is 24.3 Å². The SMILES string of the molecule is CC(=O)Nc1ccc(OCCOCCOCCOCCOCCOCCOCCOCCOCCOCCOCCOCCOCCC(=O)OC(C)(C)C)cc1. The lowest BCUT2D eigenvalue weighted by molar-refractivity contribution is -0.156. The van der Waals surface area contributed by atoms with E-state index >= 15 is 0 Å². The Morgan fingerprint density at radius 1 is 0.429 bits per heavy atom. The van der Waals surface area contributed by atoms with Gasteiger partial charge in [-0.3, -0.25) is 9.59 Å². The van der Waals surface area contributed by atoms with Gasteiger partial charge >= 0.3 is 5.97 Å². The summed E-state index contributed by atoms with van der Waals surface area (Å²) < 4.78 is 76.5. The van der Waals surface area contributed by atoms with E-state index in [0.717, 1.165) is 5.69 Å². The number of nitrogens with one attached hydrogen (secondary N) is 1. The van der Waals surface area contributed by atoms with Gasteiger partial charge in [-0.1, -0.05) is 0 Å². The molecule has 1 amide bonds. The maximum Gasteiger partial charge on any atom is 0.308 e. The monoisotopic (exact) mass is 807 g/mol. The average molecular weight is 808 g/mol. The maximum atomic E-state index is 11.6. The molecule has 0 saturated heterocycles. The highest BCUT2D eigenvalue weighted by Gasteiger charge is 2.15. The Bertz CT molecular complexity index is 1030. The van der Waals surface area contributed by atoms with Gasteiger partial charge in [0.05, 0.1) is 165 Å². The molecule has 326 valence electrons. The van der Waals surface area contributed by atoms with Crippen LogP contribution in [0.1, 0.15) is 34.1 Å². The third kappa shape index (κ3) is 38.4. The van der Waals surface area contributed by atoms with Gasteiger partial charge in [0.2, 0.25) is 5.91 Å². The summed E-state index contributed by atoms with van der Waals surface area (Å²) in [6.45, 7) is 18.6. The molecule has 0 unspecified atom stereocenters. The molecule has 0 bridgehead atoms. The minimum Gasteiger partial charge on any atom is -0.491 e. The van der Waals surface area contributed by atoms with Gasteiger partial charge in [-0.2, -0.15) is 0 Å². The zero-order valence-electron chi connectivity index (χ0n) is 34.2. The number of carbonyl (C=O) groups is 2. The van der Waals surface area contributed by atoms with Crippen LogP contribution in [0.4, 0.5) is 5.69 Å². The van der Waals surface area contributed by atoms with E-state index in [1.165, 1.54) is 6.92 Å². The summed E-state index contributed by atoms with van der Waals surface area (Å²) in [6, 6.07) is 7.17. The molecule has 1 rings (SSSR count). The van der Waals surface area contributed by atoms with E-state index in [4.69, 9.17) is 66.3 Å². The lowest BCUT2D eigenvalue weighted by atomic mass is 10.2. The van der Waals surface area contributed by atoms with Crippen LogP contribution in [0.2, 0.25) is 0 Å². The van der Waals surface area contributed by atoms with Crippen LogP contribution >= 0.6 is 0 Å². The standard InChI is InChI=1S/C39H69NO16/c1-35(41)40-36-5-7-37(8-6-36)55-34-33-54-32-31-53-30-29-52-28-27-51-26-25-50-24-23-49-22-21-48-20-19-47-18-17-46-16-15-45-14-13-44-12-11-43-10-9-38(42)56-39(2,3)4/h5-8H,9-34H2,1-4H3,(H,40,41). The van der Waals surface area contributed by atoms with Crippen molar-refractivity contribution in [3.8, 4) is 5.75 Å². The number of ether oxygens (including phenoxy) is 14. The van der Waals surface area contributed by atoms with Crippen LogP contribution in [0.15, 0.2) is 24.3 Å². The van der Waals surface area contributed by atoms with Crippen LogP contribution in [0, 0.1) is 0 Å². The quantitative estimate of drug-likeness (QED) is 0.0755. The molecule has 0 fully saturated rings. The molecule has 0 radical (unpaired) electrons. The molecule has 0 spiro atoms. The predicted molar refractivity (Wildman–Crippen MR) is 207 cm³/mol. The summed E-state index contributed by atoms with van der Waals surface area (Å²) in [5.41, 5.74) is 0.248. The van der Waals surface area contributed by atoms with Crippen molar-refractivity contribution in [2.24, 2.45) is 0 Å². The van der Waals surface area contributed by atoms with Crippen LogP contribution in [-0.2, 0) is 71.2 Å². The second-order valence-electron chi connectivity index (χ2n) is 12.7. The molecule has 0 aliphatic heterocycles. The van der Waals surface area contributed by atoms with Crippen molar-refractivity contribution < 1.29 is 75.9 Å². The number of hydrogen-bond acceptors (Lipinski definition) is 16. The summed E-state index contributed by atoms with van der Waals surface area (Å²) in [7, 11) is 0. The molecule has 1 N–H and O–H groups in total. The van der Waals surface area contributed by atoms with Crippen LogP contribution in [0.5, 0.6) is 5.75 Å². The molecule has 0 aromatic heterocycles. The van der Waals surface area contributed by atoms with E-state index < -0.39 is 5.60 Å². The maximum absolute atomic E-state index is 11.6. The zero-order chi connectivity index (χ0) is 40.6. The molecule has 17 heteroatoms. The number of rotatable bonds is 41. The Morgan fingerprint density at radius 2 is 0.696 bits per heavy atom. The largest absolute Gasteiger partial charge is 0.491 e. The third-order valence-electron chi connectivity index (χ3n) is 6.63. The Balaban J connectivity index is 1.65. The normalized spacial score (nSPS) is 11.6. The van der Waals surface area contributed by atoms with Gasteiger partial charge in [0.15, 0.2) is 0 Å². The number of esters is 1. The molecule has 17 nitrogen and oxygen atoms in total. The lowest BCUT2D eigenvalue weighted by Gasteiger charge is -2.19. The fourth-order valence-electron chi connectivity index (χ4n) is 4.13. The number of hydrogen-bond donors (Lipinski definition) is 1. The van der Waals surface area contributed by atoms with Gasteiger partial charge in [-0.25, -0.2) is 0 Å². The highest BCUT2D eigenvalue weighted by atomic mass is 16.6. The highest BCUT2D eigenvalue weighted by Crippen LogP contribution is 2.15. The van der Waals surface area contributed by atoms with Crippen molar-refractivity contribution in [2.45, 2.75) is 39.7 Å². The van der Waals surface area contributed by atoms with E-state index in [2.05, 4.69) is 5.32 Å². The topological polar surface area (TPSA) is 175 Å². The molecule has 0 aliphatic carbocycles. The zero-order valence-corrected chi connectivity index (χ0v) is 34.2. The molecule has 0 aliphatic rings. The molecule has 1 aromatic rings. The Labute approximate surface area is 333 Å². The fraction of sp³-hybridized carbons (Fsp3) is 0.795. The van der Waals surface area contributed by atoms with Crippen molar-refractivity contribution in [1.82, 2.24) is 0 Å². The molecular weight excluding hydrogens is 738 g/mol. The van der Waals surface area contributed by atoms with Crippen molar-refractivity contribution in [3.63, 3.8) is 0 Å². The van der Waals surface area contributed by atoms with Crippen molar-refractivity contribution >= 4 is 17.6 Å². The van der Waals surface area contributed by atoms with Crippen molar-refractivity contribution in [3.05, 3.63) is 24.3 Å². The number of benzene rings is 1. The molecule has 56 heavy (non-hydrogen) atoms. The van der Waals surface area contributed by atoms with Crippen molar-refractivity contribution in [2.75, 3.05) is 170 Å². The summed E-state index contributed by atoms with van der Waals surface area (Å²) in [5.74, 6) is 0.331. The first-order valence-corrected chi connectivity index (χ1v) is 19.4. The third-order valence-corrected chi connectivity index (χ3v) is 6.63. The van der Waals surface area contributed by atoms with E-state index in [1.807, 2.05) is 20.8 Å². The van der Waals surface area contributed by atoms with Gasteiger partial charge < -0.3 is 71.6 Å². The van der Waals surface area contributed by atoms with Crippen LogP contribution in [0.3, 0.4) is 0 Å². The van der Waals surface area contributed by atoms with E-state index in [0.29, 0.717) is 171 Å². The summed E-state index contributed by atoms with van der Waals surface area (Å²) in [4.78, 5) is 22.6. The predicted octanol–water partition coefficient (Wildman–Crippen LogP) is 2.95. The van der Waals surface area contributed by atoms with Gasteiger partial charge in [0, 0.05) is 12.6 Å². The Hall–Kier alpha value is -2.52. The smallest absolute Gasteiger partial charge is 0.308 e. The molecule has 0 saturated carbocycles. The average Bonchev–Trinajstić information content (AvgIpc) is 3.15.